The molecule has 138 valence electrons. The molecule has 0 radical (unpaired) electrons. The molecule has 24 heavy (non-hydrogen) atoms. The molecule has 0 aromatic rings. The molecule has 2 aliphatic carbocycles. The number of carboxylic acids is 2. The molecular weight excluding hydrogens is 304 g/mol. The highest BCUT2D eigenvalue weighted by molar-refractivity contribution is 5.71. The first-order valence-electron chi connectivity index (χ1n) is 9.34. The predicted octanol–water partition coefficient (Wildman–Crippen LogP) is 5.13. The molecule has 2 saturated carbocycles. The third-order valence-electron chi connectivity index (χ3n) is 6.77. The summed E-state index contributed by atoms with van der Waals surface area (Å²) in [4.78, 5) is 21.7. The summed E-state index contributed by atoms with van der Waals surface area (Å²) in [5.74, 6) is -1.77. The zero-order valence-electron chi connectivity index (χ0n) is 15.5. The first kappa shape index (κ1) is 20.7. The van der Waals surface area contributed by atoms with Crippen LogP contribution >= 0.6 is 0 Å². The smallest absolute Gasteiger partial charge is 0.307 e. The summed E-state index contributed by atoms with van der Waals surface area (Å²) in [5, 5.41) is 17.8. The van der Waals surface area contributed by atoms with Crippen LogP contribution in [0.2, 0.25) is 0 Å². The number of carboxylic acid groups (broad SMARTS) is 2. The van der Waals surface area contributed by atoms with Crippen LogP contribution in [0, 0.1) is 22.7 Å². The highest BCUT2D eigenvalue weighted by atomic mass is 16.4. The number of carbonyl (C=O) groups is 2. The molecule has 4 nitrogen and oxygen atoms in total. The maximum absolute atomic E-state index is 10.9. The predicted molar refractivity (Wildman–Crippen MR) is 95.9 cm³/mol. The van der Waals surface area contributed by atoms with E-state index in [1.165, 1.54) is 12.8 Å². The van der Waals surface area contributed by atoms with Gasteiger partial charge in [0.1, 0.15) is 0 Å². The van der Waals surface area contributed by atoms with Crippen molar-refractivity contribution in [2.24, 2.45) is 22.7 Å². The van der Waals surface area contributed by atoms with E-state index in [-0.39, 0.29) is 22.7 Å². The zero-order valence-corrected chi connectivity index (χ0v) is 15.5. The van der Waals surface area contributed by atoms with Crippen molar-refractivity contribution in [1.82, 2.24) is 0 Å². The highest BCUT2D eigenvalue weighted by Crippen LogP contribution is 2.47. The second-order valence-corrected chi connectivity index (χ2v) is 7.69. The summed E-state index contributed by atoms with van der Waals surface area (Å²) in [6, 6.07) is 0. The molecule has 2 rings (SSSR count). The molecule has 2 aliphatic rings. The molecule has 0 bridgehead atoms. The molecule has 0 aliphatic heterocycles. The minimum Gasteiger partial charge on any atom is -0.481 e. The summed E-state index contributed by atoms with van der Waals surface area (Å²) >= 11 is 0. The maximum Gasteiger partial charge on any atom is 0.307 e. The van der Waals surface area contributed by atoms with Gasteiger partial charge in [0.05, 0.1) is 11.8 Å². The Labute approximate surface area is 146 Å². The van der Waals surface area contributed by atoms with Crippen molar-refractivity contribution in [2.75, 3.05) is 0 Å². The Morgan fingerprint density at radius 2 is 1.38 bits per heavy atom. The minimum absolute atomic E-state index is 0.117. The average molecular weight is 338 g/mol. The molecule has 2 fully saturated rings. The standard InChI is InChI=1S/C10H18O2.C10H16O2/c2*1-3-10(6-4-5-7-10)8(2)9(11)12/h8H,3-7H2,1-2H3,(H,11,12);3,8H,1,4-7H2,2H3,(H,11,12). The van der Waals surface area contributed by atoms with Crippen LogP contribution in [-0.4, -0.2) is 22.2 Å². The lowest BCUT2D eigenvalue weighted by atomic mass is 9.73. The first-order chi connectivity index (χ1) is 11.2. The number of allylic oxidation sites excluding steroid dienone is 1. The van der Waals surface area contributed by atoms with Gasteiger partial charge in [-0.15, -0.1) is 6.58 Å². The fourth-order valence-electron chi connectivity index (χ4n) is 4.53. The van der Waals surface area contributed by atoms with Gasteiger partial charge in [-0.05, 0) is 37.5 Å². The quantitative estimate of drug-likeness (QED) is 0.658. The number of rotatable bonds is 6. The Bertz CT molecular complexity index is 443. The van der Waals surface area contributed by atoms with Gasteiger partial charge in [-0.3, -0.25) is 9.59 Å². The largest absolute Gasteiger partial charge is 0.481 e. The van der Waals surface area contributed by atoms with Gasteiger partial charge in [0.2, 0.25) is 0 Å². The lowest BCUT2D eigenvalue weighted by Crippen LogP contribution is -2.30. The van der Waals surface area contributed by atoms with Crippen LogP contribution in [0.3, 0.4) is 0 Å². The van der Waals surface area contributed by atoms with E-state index in [9.17, 15) is 9.59 Å². The van der Waals surface area contributed by atoms with Gasteiger partial charge in [0.25, 0.3) is 0 Å². The third kappa shape index (κ3) is 4.40. The van der Waals surface area contributed by atoms with E-state index in [0.29, 0.717) is 0 Å². The Hall–Kier alpha value is -1.32. The van der Waals surface area contributed by atoms with Crippen molar-refractivity contribution in [3.05, 3.63) is 12.7 Å². The maximum atomic E-state index is 10.9. The molecule has 0 aromatic carbocycles. The Morgan fingerprint density at radius 3 is 1.71 bits per heavy atom. The summed E-state index contributed by atoms with van der Waals surface area (Å²) < 4.78 is 0. The van der Waals surface area contributed by atoms with Gasteiger partial charge >= 0.3 is 11.9 Å². The monoisotopic (exact) mass is 338 g/mol. The van der Waals surface area contributed by atoms with Crippen LogP contribution in [0.4, 0.5) is 0 Å². The van der Waals surface area contributed by atoms with Crippen molar-refractivity contribution in [3.8, 4) is 0 Å². The van der Waals surface area contributed by atoms with Crippen molar-refractivity contribution in [2.45, 2.75) is 78.6 Å². The Morgan fingerprint density at radius 1 is 0.958 bits per heavy atom. The highest BCUT2D eigenvalue weighted by Gasteiger charge is 2.41. The molecule has 0 amide bonds. The molecule has 4 heteroatoms. The summed E-state index contributed by atoms with van der Waals surface area (Å²) in [6.07, 6.45) is 11.8. The minimum atomic E-state index is -0.697. The summed E-state index contributed by atoms with van der Waals surface area (Å²) in [7, 11) is 0. The molecule has 0 spiro atoms. The first-order valence-corrected chi connectivity index (χ1v) is 9.34. The molecule has 2 N–H and O–H groups in total. The van der Waals surface area contributed by atoms with Crippen LogP contribution in [-0.2, 0) is 9.59 Å². The van der Waals surface area contributed by atoms with Crippen LogP contribution in [0.5, 0.6) is 0 Å². The topological polar surface area (TPSA) is 74.6 Å². The van der Waals surface area contributed by atoms with Crippen molar-refractivity contribution < 1.29 is 19.8 Å². The molecule has 0 saturated heterocycles. The average Bonchev–Trinajstić information content (AvgIpc) is 3.24. The third-order valence-corrected chi connectivity index (χ3v) is 6.77. The van der Waals surface area contributed by atoms with E-state index in [2.05, 4.69) is 13.5 Å². The molecular formula is C20H34O4. The van der Waals surface area contributed by atoms with Gasteiger partial charge in [-0.2, -0.15) is 0 Å². The summed E-state index contributed by atoms with van der Waals surface area (Å²) in [5.41, 5.74) is -0.00231. The van der Waals surface area contributed by atoms with Gasteiger partial charge < -0.3 is 10.2 Å². The Kier molecular flexibility index (Phi) is 7.50. The second-order valence-electron chi connectivity index (χ2n) is 7.69. The number of hydrogen-bond acceptors (Lipinski definition) is 2. The van der Waals surface area contributed by atoms with Crippen LogP contribution in [0.25, 0.3) is 0 Å². The van der Waals surface area contributed by atoms with E-state index in [1.54, 1.807) is 6.92 Å². The number of aliphatic carboxylic acids is 2. The van der Waals surface area contributed by atoms with Crippen LogP contribution < -0.4 is 0 Å². The van der Waals surface area contributed by atoms with E-state index >= 15 is 0 Å². The van der Waals surface area contributed by atoms with Gasteiger partial charge in [-0.1, -0.05) is 52.5 Å². The summed E-state index contributed by atoms with van der Waals surface area (Å²) in [6.45, 7) is 9.52. The van der Waals surface area contributed by atoms with Crippen molar-refractivity contribution in [3.63, 3.8) is 0 Å². The van der Waals surface area contributed by atoms with Crippen LogP contribution in [0.15, 0.2) is 12.7 Å². The van der Waals surface area contributed by atoms with Gasteiger partial charge in [0.15, 0.2) is 0 Å². The molecule has 2 atom stereocenters. The fraction of sp³-hybridized carbons (Fsp3) is 0.800. The normalized spacial score (nSPS) is 23.6. The second kappa shape index (κ2) is 8.68. The number of hydrogen-bond donors (Lipinski definition) is 2. The molecule has 0 aromatic heterocycles. The van der Waals surface area contributed by atoms with Crippen molar-refractivity contribution in [1.29, 1.82) is 0 Å². The lowest BCUT2D eigenvalue weighted by molar-refractivity contribution is -0.146. The zero-order chi connectivity index (χ0) is 18.4. The molecule has 2 unspecified atom stereocenters. The van der Waals surface area contributed by atoms with Crippen LogP contribution in [0.1, 0.15) is 78.6 Å². The molecule has 0 heterocycles. The van der Waals surface area contributed by atoms with E-state index < -0.39 is 11.9 Å². The van der Waals surface area contributed by atoms with E-state index in [1.807, 2.05) is 13.0 Å². The van der Waals surface area contributed by atoms with Gasteiger partial charge in [-0.25, -0.2) is 0 Å². The Balaban J connectivity index is 0.000000240. The lowest BCUT2D eigenvalue weighted by Gasteiger charge is -2.31. The SMILES string of the molecule is C=CC1(C(C)C(=O)O)CCCC1.CCC1(C(C)C(=O)O)CCCC1. The fourth-order valence-corrected chi connectivity index (χ4v) is 4.53. The van der Waals surface area contributed by atoms with E-state index in [4.69, 9.17) is 10.2 Å². The van der Waals surface area contributed by atoms with Crippen molar-refractivity contribution >= 4 is 11.9 Å². The van der Waals surface area contributed by atoms with Gasteiger partial charge in [0, 0.05) is 5.41 Å². The van der Waals surface area contributed by atoms with E-state index in [0.717, 1.165) is 44.9 Å².